The zero-order valence-corrected chi connectivity index (χ0v) is 23.1. The van der Waals surface area contributed by atoms with Crippen LogP contribution in [0, 0.1) is 29.3 Å². The molecule has 5 rings (SSSR count). The Morgan fingerprint density at radius 1 is 1.05 bits per heavy atom. The summed E-state index contributed by atoms with van der Waals surface area (Å²) in [6.45, 7) is 0.227. The minimum Gasteiger partial charge on any atom is -0.391 e. The van der Waals surface area contributed by atoms with E-state index in [9.17, 15) is 31.5 Å². The van der Waals surface area contributed by atoms with Crippen molar-refractivity contribution in [2.45, 2.75) is 48.0 Å². The number of rotatable bonds is 8. The smallest absolute Gasteiger partial charge is 0.255 e. The molecule has 0 spiro atoms. The number of carbonyl (C=O) groups excluding carboxylic acids is 1. The third-order valence-corrected chi connectivity index (χ3v) is 10.5. The first-order chi connectivity index (χ1) is 19.5. The average Bonchev–Trinajstić information content (AvgIpc) is 3.23. The van der Waals surface area contributed by atoms with Crippen molar-refractivity contribution in [3.8, 4) is 0 Å². The van der Waals surface area contributed by atoms with Crippen LogP contribution in [0.15, 0.2) is 70.7 Å². The van der Waals surface area contributed by atoms with E-state index >= 15 is 0 Å². The van der Waals surface area contributed by atoms with Crippen LogP contribution in [-0.4, -0.2) is 36.5 Å². The first-order valence-corrected chi connectivity index (χ1v) is 14.8. The highest BCUT2D eigenvalue weighted by molar-refractivity contribution is 7.92. The SMILES string of the molecule is O=C(Nc1cc(F)c(F)c(F)c1)c1ccc(Cl)c(S(=O)(=O)[C@H]2C3CCC2C[C@](O)(/C=N/OCc2ccccc2)C3)c1. The Hall–Kier alpha value is -3.41. The maximum Gasteiger partial charge on any atom is 0.255 e. The summed E-state index contributed by atoms with van der Waals surface area (Å²) in [4.78, 5) is 17.9. The maximum atomic E-state index is 13.9. The molecule has 2 atom stereocenters. The number of carbonyl (C=O) groups is 1. The molecule has 2 aliphatic rings. The van der Waals surface area contributed by atoms with Crippen molar-refractivity contribution in [2.24, 2.45) is 17.0 Å². The fourth-order valence-corrected chi connectivity index (χ4v) is 8.69. The predicted molar refractivity (Wildman–Crippen MR) is 147 cm³/mol. The molecule has 2 fully saturated rings. The third-order valence-electron chi connectivity index (χ3n) is 7.61. The highest BCUT2D eigenvalue weighted by Crippen LogP contribution is 2.51. The molecule has 2 saturated carbocycles. The molecule has 0 heterocycles. The number of anilines is 1. The Labute approximate surface area is 239 Å². The highest BCUT2D eigenvalue weighted by atomic mass is 35.5. The molecule has 12 heteroatoms. The topological polar surface area (TPSA) is 105 Å². The van der Waals surface area contributed by atoms with Crippen molar-refractivity contribution in [2.75, 3.05) is 5.32 Å². The van der Waals surface area contributed by atoms with Crippen LogP contribution in [0.25, 0.3) is 0 Å². The summed E-state index contributed by atoms with van der Waals surface area (Å²) in [6.07, 6.45) is 2.81. The molecule has 2 unspecified atom stereocenters. The molecule has 3 aromatic carbocycles. The summed E-state index contributed by atoms with van der Waals surface area (Å²) in [7, 11) is -4.06. The molecule has 7 nitrogen and oxygen atoms in total. The second kappa shape index (κ2) is 11.5. The Morgan fingerprint density at radius 2 is 1.68 bits per heavy atom. The number of hydrogen-bond acceptors (Lipinski definition) is 6. The van der Waals surface area contributed by atoms with Gasteiger partial charge in [0, 0.05) is 23.4 Å². The Balaban J connectivity index is 1.31. The zero-order chi connectivity index (χ0) is 29.4. The standard InChI is InChI=1S/C29H26ClF3N2O5S/c30-22-9-8-18(28(36)35-21-11-23(31)26(33)24(32)12-21)10-25(22)41(38,39)27-19-6-7-20(27)14-29(37,13-19)16-34-40-15-17-4-2-1-3-5-17/h1-5,8-12,16,19-20,27,37H,6-7,13-15H2,(H,35,36)/b34-16+/t19?,20?,27-,29-. The van der Waals surface area contributed by atoms with Gasteiger partial charge in [-0.05, 0) is 61.3 Å². The number of halogens is 4. The van der Waals surface area contributed by atoms with Gasteiger partial charge in [0.15, 0.2) is 27.3 Å². The molecule has 0 radical (unpaired) electrons. The number of sulfone groups is 1. The Morgan fingerprint density at radius 3 is 2.32 bits per heavy atom. The van der Waals surface area contributed by atoms with E-state index in [1.54, 1.807) is 0 Å². The number of aliphatic hydroxyl groups is 1. The van der Waals surface area contributed by atoms with Gasteiger partial charge in [0.1, 0.15) is 12.2 Å². The van der Waals surface area contributed by atoms with Crippen molar-refractivity contribution in [3.63, 3.8) is 0 Å². The van der Waals surface area contributed by atoms with Gasteiger partial charge in [-0.1, -0.05) is 47.1 Å². The summed E-state index contributed by atoms with van der Waals surface area (Å²) in [5.41, 5.74) is -0.888. The van der Waals surface area contributed by atoms with E-state index in [0.717, 1.165) is 11.6 Å². The van der Waals surface area contributed by atoms with Crippen LogP contribution in [0.4, 0.5) is 18.9 Å². The molecule has 2 bridgehead atoms. The van der Waals surface area contributed by atoms with E-state index < -0.39 is 44.0 Å². The molecule has 1 amide bonds. The van der Waals surface area contributed by atoms with Crippen LogP contribution >= 0.6 is 11.6 Å². The summed E-state index contributed by atoms with van der Waals surface area (Å²) in [5.74, 6) is -6.29. The predicted octanol–water partition coefficient (Wildman–Crippen LogP) is 5.91. The van der Waals surface area contributed by atoms with Crippen molar-refractivity contribution in [1.82, 2.24) is 0 Å². The lowest BCUT2D eigenvalue weighted by Crippen LogP contribution is -2.47. The molecule has 2 N–H and O–H groups in total. The molecule has 41 heavy (non-hydrogen) atoms. The van der Waals surface area contributed by atoms with E-state index in [4.69, 9.17) is 16.4 Å². The van der Waals surface area contributed by atoms with Gasteiger partial charge in [0.2, 0.25) is 0 Å². The number of hydrogen-bond donors (Lipinski definition) is 2. The number of nitrogens with one attached hydrogen (secondary N) is 1. The van der Waals surface area contributed by atoms with Crippen molar-refractivity contribution in [3.05, 3.63) is 94.3 Å². The van der Waals surface area contributed by atoms with Crippen molar-refractivity contribution < 1.29 is 36.3 Å². The van der Waals surface area contributed by atoms with Crippen LogP contribution in [-0.2, 0) is 21.3 Å². The first kappa shape index (κ1) is 29.1. The summed E-state index contributed by atoms with van der Waals surface area (Å²) < 4.78 is 68.1. The van der Waals surface area contributed by atoms with Gasteiger partial charge in [0.05, 0.1) is 21.4 Å². The second-order valence-electron chi connectivity index (χ2n) is 10.5. The van der Waals surface area contributed by atoms with Gasteiger partial charge in [-0.2, -0.15) is 0 Å². The van der Waals surface area contributed by atoms with Gasteiger partial charge in [-0.25, -0.2) is 21.6 Å². The lowest BCUT2D eigenvalue weighted by molar-refractivity contribution is 0.0411. The fourth-order valence-electron chi connectivity index (χ4n) is 5.84. The normalized spacial score (nSPS) is 24.0. The summed E-state index contributed by atoms with van der Waals surface area (Å²) >= 11 is 6.29. The number of oxime groups is 1. The van der Waals surface area contributed by atoms with Crippen LogP contribution in [0.5, 0.6) is 0 Å². The van der Waals surface area contributed by atoms with E-state index in [1.165, 1.54) is 18.3 Å². The number of amides is 1. The molecular weight excluding hydrogens is 581 g/mol. The fraction of sp³-hybridized carbons (Fsp3) is 0.310. The monoisotopic (exact) mass is 606 g/mol. The molecule has 0 aromatic heterocycles. The summed E-state index contributed by atoms with van der Waals surface area (Å²) in [6, 6.07) is 14.3. The van der Waals surface area contributed by atoms with Gasteiger partial charge in [-0.3, -0.25) is 4.79 Å². The Bertz CT molecular complexity index is 1570. The second-order valence-corrected chi connectivity index (χ2v) is 12.9. The number of nitrogens with zero attached hydrogens (tertiary/aromatic N) is 1. The maximum absolute atomic E-state index is 13.9. The molecular formula is C29H26ClF3N2O5S. The third kappa shape index (κ3) is 6.12. The van der Waals surface area contributed by atoms with Crippen LogP contribution in [0.2, 0.25) is 5.02 Å². The van der Waals surface area contributed by atoms with E-state index in [0.29, 0.717) is 25.0 Å². The molecule has 3 aromatic rings. The minimum absolute atomic E-state index is 0.0865. The van der Waals surface area contributed by atoms with Gasteiger partial charge in [-0.15, -0.1) is 0 Å². The van der Waals surface area contributed by atoms with E-state index in [2.05, 4.69) is 10.5 Å². The average molecular weight is 607 g/mol. The highest BCUT2D eigenvalue weighted by Gasteiger charge is 2.54. The van der Waals surface area contributed by atoms with Gasteiger partial charge >= 0.3 is 0 Å². The quantitative estimate of drug-likeness (QED) is 0.189. The van der Waals surface area contributed by atoms with Crippen molar-refractivity contribution >= 4 is 39.2 Å². The van der Waals surface area contributed by atoms with Crippen LogP contribution in [0.1, 0.15) is 41.6 Å². The van der Waals surface area contributed by atoms with Crippen LogP contribution < -0.4 is 5.32 Å². The molecule has 216 valence electrons. The largest absolute Gasteiger partial charge is 0.391 e. The van der Waals surface area contributed by atoms with E-state index in [1.807, 2.05) is 30.3 Å². The lowest BCUT2D eigenvalue weighted by Gasteiger charge is -2.38. The lowest BCUT2D eigenvalue weighted by atomic mass is 9.78. The van der Waals surface area contributed by atoms with Crippen molar-refractivity contribution in [1.29, 1.82) is 0 Å². The van der Waals surface area contributed by atoms with Gasteiger partial charge in [0.25, 0.3) is 5.91 Å². The zero-order valence-electron chi connectivity index (χ0n) is 21.6. The first-order valence-electron chi connectivity index (χ1n) is 12.9. The molecule has 2 aliphatic carbocycles. The summed E-state index contributed by atoms with van der Waals surface area (Å²) in [5, 5.41) is 16.4. The number of benzene rings is 3. The Kier molecular flexibility index (Phi) is 8.13. The molecule has 0 saturated heterocycles. The number of fused-ring (bicyclic) bond motifs is 2. The van der Waals surface area contributed by atoms with E-state index in [-0.39, 0.29) is 52.5 Å². The van der Waals surface area contributed by atoms with Crippen LogP contribution in [0.3, 0.4) is 0 Å². The minimum atomic E-state index is -4.06. The molecule has 0 aliphatic heterocycles. The van der Waals surface area contributed by atoms with Gasteiger partial charge < -0.3 is 15.3 Å².